The second kappa shape index (κ2) is 6.59. The molecule has 0 aliphatic heterocycles. The standard InChI is InChI=1S/C16H23NO2.ClH/c1-12(2)19-15(18)16(10-14(16)11-17(3)4)13-8-6-5-7-9-13;/h5-9,12,14H,10-11H2,1-4H3;1H. The minimum atomic E-state index is -0.400. The summed E-state index contributed by atoms with van der Waals surface area (Å²) in [6.07, 6.45) is 0.856. The highest BCUT2D eigenvalue weighted by Crippen LogP contribution is 2.54. The lowest BCUT2D eigenvalue weighted by atomic mass is 9.93. The zero-order valence-electron chi connectivity index (χ0n) is 12.7. The third kappa shape index (κ3) is 3.33. The molecule has 0 saturated heterocycles. The molecule has 4 heteroatoms. The van der Waals surface area contributed by atoms with Gasteiger partial charge >= 0.3 is 5.97 Å². The van der Waals surface area contributed by atoms with E-state index in [1.165, 1.54) is 4.90 Å². The largest absolute Gasteiger partial charge is 1.00 e. The number of esters is 1. The third-order valence-corrected chi connectivity index (χ3v) is 3.76. The molecule has 2 atom stereocenters. The van der Waals surface area contributed by atoms with Crippen LogP contribution >= 0.6 is 0 Å². The fourth-order valence-electron chi connectivity index (χ4n) is 2.85. The Morgan fingerprint density at radius 3 is 2.45 bits per heavy atom. The van der Waals surface area contributed by atoms with Gasteiger partial charge in [0.1, 0.15) is 5.41 Å². The summed E-state index contributed by atoms with van der Waals surface area (Å²) in [4.78, 5) is 13.9. The lowest BCUT2D eigenvalue weighted by Gasteiger charge is -2.19. The van der Waals surface area contributed by atoms with Crippen molar-refractivity contribution < 1.29 is 26.8 Å². The van der Waals surface area contributed by atoms with E-state index in [4.69, 9.17) is 4.74 Å². The fourth-order valence-corrected chi connectivity index (χ4v) is 2.85. The molecule has 2 rings (SSSR count). The van der Waals surface area contributed by atoms with Gasteiger partial charge in [-0.3, -0.25) is 4.79 Å². The summed E-state index contributed by atoms with van der Waals surface area (Å²) in [6, 6.07) is 10.1. The maximum absolute atomic E-state index is 12.5. The van der Waals surface area contributed by atoms with Crippen LogP contribution in [-0.2, 0) is 14.9 Å². The second-order valence-electron chi connectivity index (χ2n) is 6.10. The van der Waals surface area contributed by atoms with Crippen LogP contribution in [0.25, 0.3) is 0 Å². The highest BCUT2D eigenvalue weighted by Gasteiger charge is 2.63. The summed E-state index contributed by atoms with van der Waals surface area (Å²) in [5, 5.41) is 0. The summed E-state index contributed by atoms with van der Waals surface area (Å²) in [6.45, 7) is 4.82. The monoisotopic (exact) mass is 297 g/mol. The van der Waals surface area contributed by atoms with Gasteiger partial charge in [-0.05, 0) is 25.8 Å². The van der Waals surface area contributed by atoms with E-state index in [1.54, 1.807) is 0 Å². The number of ether oxygens (including phenoxy) is 1. The minimum absolute atomic E-state index is 0. The molecule has 1 N–H and O–H groups in total. The summed E-state index contributed by atoms with van der Waals surface area (Å²) in [5.41, 5.74) is 0.704. The molecule has 1 aromatic rings. The van der Waals surface area contributed by atoms with E-state index in [2.05, 4.69) is 14.1 Å². The number of benzene rings is 1. The summed E-state index contributed by atoms with van der Waals surface area (Å²) in [5.74, 6) is 0.339. The number of carbonyl (C=O) groups excluding carboxylic acids is 1. The van der Waals surface area contributed by atoms with Crippen molar-refractivity contribution in [2.24, 2.45) is 5.92 Å². The van der Waals surface area contributed by atoms with Crippen LogP contribution in [0.3, 0.4) is 0 Å². The van der Waals surface area contributed by atoms with Gasteiger partial charge in [-0.2, -0.15) is 0 Å². The summed E-state index contributed by atoms with van der Waals surface area (Å²) in [7, 11) is 4.25. The van der Waals surface area contributed by atoms with Crippen LogP contribution < -0.4 is 17.3 Å². The van der Waals surface area contributed by atoms with E-state index in [-0.39, 0.29) is 24.5 Å². The lowest BCUT2D eigenvalue weighted by Crippen LogP contribution is -3.06. The van der Waals surface area contributed by atoms with Gasteiger partial charge in [0, 0.05) is 5.92 Å². The molecule has 20 heavy (non-hydrogen) atoms. The van der Waals surface area contributed by atoms with Gasteiger partial charge in [0.15, 0.2) is 0 Å². The smallest absolute Gasteiger partial charge is 0.317 e. The molecule has 0 aromatic heterocycles. The van der Waals surface area contributed by atoms with Crippen molar-refractivity contribution in [3.63, 3.8) is 0 Å². The van der Waals surface area contributed by atoms with Crippen molar-refractivity contribution in [3.05, 3.63) is 35.9 Å². The zero-order chi connectivity index (χ0) is 14.0. The average molecular weight is 298 g/mol. The quantitative estimate of drug-likeness (QED) is 0.640. The van der Waals surface area contributed by atoms with E-state index >= 15 is 0 Å². The highest BCUT2D eigenvalue weighted by atomic mass is 35.5. The number of rotatable bonds is 5. The predicted octanol–water partition coefficient (Wildman–Crippen LogP) is -1.96. The molecular formula is C16H24ClNO2. The molecule has 1 aliphatic rings. The van der Waals surface area contributed by atoms with Crippen LogP contribution in [0.2, 0.25) is 0 Å². The van der Waals surface area contributed by atoms with E-state index in [1.807, 2.05) is 44.2 Å². The molecule has 0 heterocycles. The van der Waals surface area contributed by atoms with Gasteiger partial charge in [0.05, 0.1) is 26.7 Å². The zero-order valence-corrected chi connectivity index (χ0v) is 13.4. The normalized spacial score (nSPS) is 24.4. The molecule has 112 valence electrons. The van der Waals surface area contributed by atoms with Crippen LogP contribution in [0.4, 0.5) is 0 Å². The highest BCUT2D eigenvalue weighted by molar-refractivity contribution is 5.87. The SMILES string of the molecule is CC(C)OC(=O)C1(c2ccccc2)CC1C[NH+](C)C.[Cl-]. The Kier molecular flexibility index (Phi) is 5.60. The van der Waals surface area contributed by atoms with E-state index < -0.39 is 5.41 Å². The average Bonchev–Trinajstić information content (AvgIpc) is 3.04. The lowest BCUT2D eigenvalue weighted by molar-refractivity contribution is -0.860. The third-order valence-electron chi connectivity index (χ3n) is 3.76. The number of halogens is 1. The molecular weight excluding hydrogens is 274 g/mol. The minimum Gasteiger partial charge on any atom is -1.00 e. The number of quaternary nitrogens is 1. The molecule has 1 fully saturated rings. The van der Waals surface area contributed by atoms with Crippen molar-refractivity contribution in [2.45, 2.75) is 31.8 Å². The Hall–Kier alpha value is -1.06. The Morgan fingerprint density at radius 2 is 1.95 bits per heavy atom. The Labute approximate surface area is 127 Å². The van der Waals surface area contributed by atoms with E-state index in [0.29, 0.717) is 5.92 Å². The number of carbonyl (C=O) groups is 1. The molecule has 0 amide bonds. The van der Waals surface area contributed by atoms with Gasteiger partial charge in [0.2, 0.25) is 0 Å². The Morgan fingerprint density at radius 1 is 1.35 bits per heavy atom. The van der Waals surface area contributed by atoms with Crippen LogP contribution in [0, 0.1) is 5.92 Å². The molecule has 1 aromatic carbocycles. The second-order valence-corrected chi connectivity index (χ2v) is 6.10. The molecule has 0 spiro atoms. The molecule has 0 bridgehead atoms. The van der Waals surface area contributed by atoms with Crippen LogP contribution in [-0.4, -0.2) is 32.7 Å². The maximum Gasteiger partial charge on any atom is 0.317 e. The summed E-state index contributed by atoms with van der Waals surface area (Å²) >= 11 is 0. The van der Waals surface area contributed by atoms with Gasteiger partial charge < -0.3 is 22.0 Å². The number of hydrogen-bond acceptors (Lipinski definition) is 2. The molecule has 2 unspecified atom stereocenters. The van der Waals surface area contributed by atoms with Crippen LogP contribution in [0.1, 0.15) is 25.8 Å². The first-order valence-corrected chi connectivity index (χ1v) is 7.02. The van der Waals surface area contributed by atoms with Gasteiger partial charge in [-0.15, -0.1) is 0 Å². The first-order valence-electron chi connectivity index (χ1n) is 7.02. The van der Waals surface area contributed by atoms with Crippen molar-refractivity contribution in [3.8, 4) is 0 Å². The first-order chi connectivity index (χ1) is 8.96. The van der Waals surface area contributed by atoms with Crippen molar-refractivity contribution in [1.82, 2.24) is 0 Å². The molecule has 1 aliphatic carbocycles. The van der Waals surface area contributed by atoms with Crippen molar-refractivity contribution >= 4 is 5.97 Å². The first kappa shape index (κ1) is 17.0. The Balaban J connectivity index is 0.00000200. The summed E-state index contributed by atoms with van der Waals surface area (Å²) < 4.78 is 5.50. The Bertz CT molecular complexity index is 447. The van der Waals surface area contributed by atoms with Crippen LogP contribution in [0.15, 0.2) is 30.3 Å². The fraction of sp³-hybridized carbons (Fsp3) is 0.562. The van der Waals surface area contributed by atoms with Crippen molar-refractivity contribution in [2.75, 3.05) is 20.6 Å². The van der Waals surface area contributed by atoms with Gasteiger partial charge in [-0.25, -0.2) is 0 Å². The number of hydrogen-bond donors (Lipinski definition) is 1. The van der Waals surface area contributed by atoms with Gasteiger partial charge in [-0.1, -0.05) is 30.3 Å². The molecule has 3 nitrogen and oxygen atoms in total. The van der Waals surface area contributed by atoms with Crippen LogP contribution in [0.5, 0.6) is 0 Å². The predicted molar refractivity (Wildman–Crippen MR) is 75.1 cm³/mol. The van der Waals surface area contributed by atoms with Crippen molar-refractivity contribution in [1.29, 1.82) is 0 Å². The molecule has 0 radical (unpaired) electrons. The molecule has 1 saturated carbocycles. The van der Waals surface area contributed by atoms with E-state index in [0.717, 1.165) is 18.5 Å². The van der Waals surface area contributed by atoms with E-state index in [9.17, 15) is 4.79 Å². The number of nitrogens with one attached hydrogen (secondary N) is 1. The van der Waals surface area contributed by atoms with Gasteiger partial charge in [0.25, 0.3) is 0 Å². The topological polar surface area (TPSA) is 30.7 Å². The maximum atomic E-state index is 12.5.